The lowest BCUT2D eigenvalue weighted by Gasteiger charge is -2.15. The summed E-state index contributed by atoms with van der Waals surface area (Å²) >= 11 is 3.74. The van der Waals surface area contributed by atoms with E-state index in [1.807, 2.05) is 0 Å². The zero-order chi connectivity index (χ0) is 16.5. The minimum atomic E-state index is 1.07. The molecule has 0 spiro atoms. The smallest absolute Gasteiger partial charge is 0.169 e. The van der Waals surface area contributed by atoms with Crippen LogP contribution in [-0.2, 0) is 32.7 Å². The van der Waals surface area contributed by atoms with Gasteiger partial charge in [0.15, 0.2) is 12.4 Å². The third-order valence-corrected chi connectivity index (χ3v) is 5.69. The van der Waals surface area contributed by atoms with Gasteiger partial charge in [0.05, 0.1) is 0 Å². The van der Waals surface area contributed by atoms with Crippen molar-refractivity contribution < 1.29 is 4.57 Å². The summed E-state index contributed by atoms with van der Waals surface area (Å²) in [5.74, 6) is 0. The van der Waals surface area contributed by atoms with Crippen LogP contribution in [0.1, 0.15) is 22.3 Å². The molecule has 4 aliphatic rings. The van der Waals surface area contributed by atoms with Gasteiger partial charge in [-0.05, 0) is 65.1 Å². The highest BCUT2D eigenvalue weighted by molar-refractivity contribution is 9.10. The predicted molar refractivity (Wildman–Crippen MR) is 102 cm³/mol. The lowest BCUT2D eigenvalue weighted by molar-refractivity contribution is -0.671. The number of nitrogens with zero attached hydrogens (tertiary/aromatic N) is 1. The number of hydrogen-bond acceptors (Lipinski definition) is 0. The largest absolute Gasteiger partial charge is 0.208 e. The second-order valence-electron chi connectivity index (χ2n) is 6.67. The normalized spacial score (nSPS) is 13.6. The zero-order valence-electron chi connectivity index (χ0n) is 13.9. The Balaban J connectivity index is 1.78. The monoisotopic (exact) mass is 378 g/mol. The standard InChI is InChI=1S/C22H21BrN/c1-24-12-10-19(11-13-24)21-14-16-2-6-18(21)7-3-17-5-9-20(8-4-16)22(23)15-17/h2,5-6,9-15H,3-4,7-8H2,1H3/q+1. The maximum atomic E-state index is 3.74. The Morgan fingerprint density at radius 2 is 1.38 bits per heavy atom. The highest BCUT2D eigenvalue weighted by Crippen LogP contribution is 2.29. The molecule has 4 aliphatic carbocycles. The highest BCUT2D eigenvalue weighted by Gasteiger charge is 2.11. The molecule has 2 heteroatoms. The molecule has 0 saturated carbocycles. The van der Waals surface area contributed by atoms with Crippen molar-refractivity contribution in [1.82, 2.24) is 0 Å². The highest BCUT2D eigenvalue weighted by atomic mass is 79.9. The van der Waals surface area contributed by atoms with Crippen LogP contribution < -0.4 is 4.57 Å². The summed E-state index contributed by atoms with van der Waals surface area (Å²) in [6, 6.07) is 18.3. The minimum absolute atomic E-state index is 1.07. The molecule has 3 aromatic rings. The molecule has 1 nitrogen and oxygen atoms in total. The molecular weight excluding hydrogens is 358 g/mol. The van der Waals surface area contributed by atoms with Gasteiger partial charge >= 0.3 is 0 Å². The van der Waals surface area contributed by atoms with Gasteiger partial charge in [-0.15, -0.1) is 0 Å². The van der Waals surface area contributed by atoms with Crippen molar-refractivity contribution in [1.29, 1.82) is 0 Å². The van der Waals surface area contributed by atoms with Crippen LogP contribution >= 0.6 is 15.9 Å². The summed E-state index contributed by atoms with van der Waals surface area (Å²) in [4.78, 5) is 0. The molecule has 0 amide bonds. The fraction of sp³-hybridized carbons (Fsp3) is 0.227. The van der Waals surface area contributed by atoms with Gasteiger partial charge < -0.3 is 0 Å². The number of halogens is 1. The Hall–Kier alpha value is -1.93. The Labute approximate surface area is 152 Å². The third kappa shape index (κ3) is 3.16. The molecule has 2 aromatic carbocycles. The van der Waals surface area contributed by atoms with Crippen LogP contribution in [0.4, 0.5) is 0 Å². The first-order valence-electron chi connectivity index (χ1n) is 8.54. The maximum absolute atomic E-state index is 3.74. The fourth-order valence-electron chi connectivity index (χ4n) is 3.45. The van der Waals surface area contributed by atoms with Crippen LogP contribution in [0.25, 0.3) is 11.1 Å². The van der Waals surface area contributed by atoms with Gasteiger partial charge in [0.2, 0.25) is 0 Å². The molecular formula is C22H21BrN+. The van der Waals surface area contributed by atoms with E-state index in [2.05, 4.69) is 88.5 Å². The molecule has 1 aromatic heterocycles. The lowest BCUT2D eigenvalue weighted by Crippen LogP contribution is -2.25. The van der Waals surface area contributed by atoms with E-state index in [0.717, 1.165) is 25.7 Å². The van der Waals surface area contributed by atoms with Gasteiger partial charge in [0.25, 0.3) is 0 Å². The summed E-state index contributed by atoms with van der Waals surface area (Å²) in [6.45, 7) is 0. The number of aryl methyl sites for hydroxylation is 5. The first-order valence-corrected chi connectivity index (χ1v) is 9.33. The van der Waals surface area contributed by atoms with E-state index in [4.69, 9.17) is 0 Å². The van der Waals surface area contributed by atoms with Crippen LogP contribution in [0.5, 0.6) is 0 Å². The molecule has 0 aliphatic heterocycles. The molecule has 0 radical (unpaired) electrons. The summed E-state index contributed by atoms with van der Waals surface area (Å²) < 4.78 is 3.34. The van der Waals surface area contributed by atoms with Crippen molar-refractivity contribution in [2.45, 2.75) is 25.7 Å². The quantitative estimate of drug-likeness (QED) is 0.534. The van der Waals surface area contributed by atoms with E-state index in [-0.39, 0.29) is 0 Å². The third-order valence-electron chi connectivity index (χ3n) is 4.95. The van der Waals surface area contributed by atoms with Gasteiger partial charge in [0, 0.05) is 16.6 Å². The molecule has 120 valence electrons. The van der Waals surface area contributed by atoms with Gasteiger partial charge in [-0.25, -0.2) is 4.57 Å². The zero-order valence-corrected chi connectivity index (χ0v) is 15.5. The average Bonchev–Trinajstić information content (AvgIpc) is 2.58. The first-order chi connectivity index (χ1) is 11.7. The topological polar surface area (TPSA) is 3.88 Å². The molecule has 7 rings (SSSR count). The van der Waals surface area contributed by atoms with Crippen molar-refractivity contribution in [3.63, 3.8) is 0 Å². The summed E-state index contributed by atoms with van der Waals surface area (Å²) in [7, 11) is 2.06. The van der Waals surface area contributed by atoms with Crippen molar-refractivity contribution in [2.75, 3.05) is 0 Å². The van der Waals surface area contributed by atoms with Crippen LogP contribution in [0, 0.1) is 0 Å². The molecule has 0 unspecified atom stereocenters. The van der Waals surface area contributed by atoms with Gasteiger partial charge in [-0.2, -0.15) is 0 Å². The summed E-state index contributed by atoms with van der Waals surface area (Å²) in [5, 5.41) is 0. The molecule has 0 atom stereocenters. The molecule has 4 bridgehead atoms. The molecule has 24 heavy (non-hydrogen) atoms. The first kappa shape index (κ1) is 15.6. The summed E-state index contributed by atoms with van der Waals surface area (Å²) in [6.07, 6.45) is 8.55. The van der Waals surface area contributed by atoms with Crippen LogP contribution in [0.2, 0.25) is 0 Å². The van der Waals surface area contributed by atoms with Crippen molar-refractivity contribution in [2.24, 2.45) is 7.05 Å². The van der Waals surface area contributed by atoms with E-state index in [1.165, 1.54) is 37.9 Å². The van der Waals surface area contributed by atoms with E-state index >= 15 is 0 Å². The van der Waals surface area contributed by atoms with E-state index < -0.39 is 0 Å². The Morgan fingerprint density at radius 1 is 0.750 bits per heavy atom. The Bertz CT molecular complexity index is 881. The minimum Gasteiger partial charge on any atom is -0.208 e. The number of benzene rings is 2. The second kappa shape index (κ2) is 6.52. The Morgan fingerprint density at radius 3 is 2.08 bits per heavy atom. The molecule has 0 saturated heterocycles. The van der Waals surface area contributed by atoms with Crippen LogP contribution in [-0.4, -0.2) is 0 Å². The number of rotatable bonds is 1. The van der Waals surface area contributed by atoms with Gasteiger partial charge in [0.1, 0.15) is 7.05 Å². The predicted octanol–water partition coefficient (Wildman–Crippen LogP) is 4.82. The van der Waals surface area contributed by atoms with Crippen LogP contribution in [0.3, 0.4) is 0 Å². The van der Waals surface area contributed by atoms with Gasteiger partial charge in [-0.3, -0.25) is 0 Å². The van der Waals surface area contributed by atoms with Crippen molar-refractivity contribution in [3.05, 3.63) is 87.7 Å². The average molecular weight is 379 g/mol. The lowest BCUT2D eigenvalue weighted by atomic mass is 9.91. The second-order valence-corrected chi connectivity index (χ2v) is 7.52. The molecule has 0 N–H and O–H groups in total. The van der Waals surface area contributed by atoms with Crippen LogP contribution in [0.15, 0.2) is 65.4 Å². The number of pyridine rings is 1. The maximum Gasteiger partial charge on any atom is 0.169 e. The van der Waals surface area contributed by atoms with E-state index in [1.54, 1.807) is 0 Å². The van der Waals surface area contributed by atoms with E-state index in [0.29, 0.717) is 0 Å². The fourth-order valence-corrected chi connectivity index (χ4v) is 4.08. The molecule has 0 fully saturated rings. The van der Waals surface area contributed by atoms with Crippen molar-refractivity contribution in [3.8, 4) is 11.1 Å². The van der Waals surface area contributed by atoms with E-state index in [9.17, 15) is 0 Å². The summed E-state index contributed by atoms with van der Waals surface area (Å²) in [5.41, 5.74) is 8.36. The SMILES string of the molecule is C[n+]1ccc(-c2cc3ccc2CCc2ccc(c(Br)c2)CC3)cc1. The number of hydrogen-bond donors (Lipinski definition) is 0. The molecule has 1 heterocycles. The van der Waals surface area contributed by atoms with Gasteiger partial charge in [-0.1, -0.05) is 46.3 Å². The Kier molecular flexibility index (Phi) is 4.24. The number of aromatic nitrogens is 1. The van der Waals surface area contributed by atoms with Crippen molar-refractivity contribution >= 4 is 15.9 Å².